The van der Waals surface area contributed by atoms with Gasteiger partial charge in [0.05, 0.1) is 16.1 Å². The third-order valence-electron chi connectivity index (χ3n) is 3.71. The first-order valence-corrected chi connectivity index (χ1v) is 17.3. The molecule has 0 unspecified atom stereocenters. The van der Waals surface area contributed by atoms with E-state index < -0.39 is 41.2 Å². The zero-order valence-electron chi connectivity index (χ0n) is 14.3. The lowest BCUT2D eigenvalue weighted by Crippen LogP contribution is -2.84. The maximum atomic E-state index is 12.3. The Balaban J connectivity index is 6.70. The molecule has 0 bridgehead atoms. The summed E-state index contributed by atoms with van der Waals surface area (Å²) in [4.78, 5) is 23.4. The number of primary amides is 1. The fraction of sp³-hybridized carbons (Fsp3) is 0.833. The van der Waals surface area contributed by atoms with Crippen molar-refractivity contribution in [1.29, 1.82) is 0 Å². The maximum Gasteiger partial charge on any atom is 0.322 e. The van der Waals surface area contributed by atoms with Gasteiger partial charge < -0.3 is 15.4 Å². The molecule has 0 aliphatic carbocycles. The fourth-order valence-corrected chi connectivity index (χ4v) is 21.2. The van der Waals surface area contributed by atoms with Gasteiger partial charge in [0.1, 0.15) is 4.79 Å². The van der Waals surface area contributed by atoms with E-state index in [1.807, 2.05) is 58.9 Å². The van der Waals surface area contributed by atoms with Gasteiger partial charge in [0.25, 0.3) is 0 Å². The molecule has 0 atom stereocenters. The number of nitrogens with zero attached hydrogens (tertiary/aromatic N) is 1. The zero-order chi connectivity index (χ0) is 16.7. The summed E-state index contributed by atoms with van der Waals surface area (Å²) in [5.41, 5.74) is 5.64. The number of nitrogens with two attached hydrogens (primary N) is 1. The average molecular weight is 335 g/mol. The summed E-state index contributed by atoms with van der Waals surface area (Å²) in [5, 5.41) is 10.1. The largest absolute Gasteiger partial charge is 0.480 e. The van der Waals surface area contributed by atoms with Crippen LogP contribution in [-0.2, 0) is 4.79 Å². The second kappa shape index (κ2) is 5.30. The Labute approximate surface area is 125 Å². The first-order chi connectivity index (χ1) is 8.51. The molecule has 0 rings (SSSR count). The Morgan fingerprint density at radius 2 is 1.20 bits per heavy atom. The molecule has 3 N–H and O–H groups in total. The van der Waals surface area contributed by atoms with Gasteiger partial charge in [-0.25, -0.2) is 4.79 Å². The standard InChI is InChI=1S/C12H30N2O3Si3/c1-18(2,3)12(10(15)16,19(4,5)6)14(11(13)17)20(7,8)9/h1-9H3,(H2,13,17)(H,15,16). The van der Waals surface area contributed by atoms with Crippen LogP contribution >= 0.6 is 0 Å². The van der Waals surface area contributed by atoms with Gasteiger partial charge in [-0.3, -0.25) is 4.79 Å². The van der Waals surface area contributed by atoms with Crippen LogP contribution in [0.5, 0.6) is 0 Å². The van der Waals surface area contributed by atoms with Crippen LogP contribution in [0.1, 0.15) is 0 Å². The lowest BCUT2D eigenvalue weighted by Gasteiger charge is -2.58. The van der Waals surface area contributed by atoms with Crippen molar-refractivity contribution in [3.8, 4) is 0 Å². The molecule has 118 valence electrons. The van der Waals surface area contributed by atoms with Crippen LogP contribution in [0.2, 0.25) is 58.9 Å². The Morgan fingerprint density at radius 3 is 1.25 bits per heavy atom. The van der Waals surface area contributed by atoms with E-state index >= 15 is 0 Å². The number of carbonyl (C=O) groups is 2. The summed E-state index contributed by atoms with van der Waals surface area (Å²) in [7, 11) is -6.72. The third kappa shape index (κ3) is 3.01. The van der Waals surface area contributed by atoms with E-state index in [1.54, 1.807) is 4.57 Å². The van der Waals surface area contributed by atoms with E-state index in [0.717, 1.165) is 0 Å². The van der Waals surface area contributed by atoms with Crippen LogP contribution in [0.4, 0.5) is 4.79 Å². The van der Waals surface area contributed by atoms with Crippen LogP contribution in [0, 0.1) is 0 Å². The Morgan fingerprint density at radius 1 is 0.900 bits per heavy atom. The van der Waals surface area contributed by atoms with Gasteiger partial charge in [-0.05, 0) is 0 Å². The number of hydrogen-bond donors (Lipinski definition) is 2. The maximum absolute atomic E-state index is 12.3. The molecule has 0 fully saturated rings. The van der Waals surface area contributed by atoms with E-state index in [4.69, 9.17) is 5.73 Å². The second-order valence-electron chi connectivity index (χ2n) is 8.36. The van der Waals surface area contributed by atoms with Crippen molar-refractivity contribution in [1.82, 2.24) is 4.57 Å². The minimum absolute atomic E-state index is 0.587. The lowest BCUT2D eigenvalue weighted by molar-refractivity contribution is -0.140. The summed E-state index contributed by atoms with van der Waals surface area (Å²) >= 11 is 0. The monoisotopic (exact) mass is 334 g/mol. The smallest absolute Gasteiger partial charge is 0.322 e. The van der Waals surface area contributed by atoms with Gasteiger partial charge in [0.15, 0.2) is 8.24 Å². The Hall–Kier alpha value is -0.609. The number of aliphatic carboxylic acids is 1. The number of amides is 2. The minimum Gasteiger partial charge on any atom is -0.480 e. The number of hydrogen-bond acceptors (Lipinski definition) is 2. The third-order valence-corrected chi connectivity index (χ3v) is 15.8. The predicted molar refractivity (Wildman–Crippen MR) is 91.8 cm³/mol. The molecule has 20 heavy (non-hydrogen) atoms. The summed E-state index contributed by atoms with van der Waals surface area (Å²) in [6.07, 6.45) is 0. The summed E-state index contributed by atoms with van der Waals surface area (Å²) in [6.45, 7) is 18.1. The van der Waals surface area contributed by atoms with Crippen molar-refractivity contribution in [2.45, 2.75) is 63.7 Å². The van der Waals surface area contributed by atoms with Crippen LogP contribution < -0.4 is 5.73 Å². The number of carboxylic acids is 1. The molecule has 5 nitrogen and oxygen atoms in total. The van der Waals surface area contributed by atoms with Gasteiger partial charge in [0, 0.05) is 0 Å². The van der Waals surface area contributed by atoms with Crippen molar-refractivity contribution in [3.05, 3.63) is 0 Å². The predicted octanol–water partition coefficient (Wildman–Crippen LogP) is 2.78. The second-order valence-corrected chi connectivity index (χ2v) is 24.1. The van der Waals surface area contributed by atoms with Crippen LogP contribution in [-0.4, -0.2) is 50.8 Å². The molecule has 0 heterocycles. The van der Waals surface area contributed by atoms with Crippen molar-refractivity contribution in [2.75, 3.05) is 0 Å². The van der Waals surface area contributed by atoms with E-state index in [0.29, 0.717) is 0 Å². The highest BCUT2D eigenvalue weighted by atomic mass is 28.4. The summed E-state index contributed by atoms with van der Waals surface area (Å²) in [6, 6.07) is -0.587. The quantitative estimate of drug-likeness (QED) is 0.758. The minimum atomic E-state index is -2.25. The van der Waals surface area contributed by atoms with Crippen LogP contribution in [0.25, 0.3) is 0 Å². The van der Waals surface area contributed by atoms with Gasteiger partial charge in [0.2, 0.25) is 0 Å². The highest BCUT2D eigenvalue weighted by molar-refractivity contribution is 7.04. The molecule has 0 aromatic heterocycles. The van der Waals surface area contributed by atoms with E-state index in [-0.39, 0.29) is 0 Å². The van der Waals surface area contributed by atoms with Crippen LogP contribution in [0.15, 0.2) is 0 Å². The van der Waals surface area contributed by atoms with Crippen molar-refractivity contribution < 1.29 is 14.7 Å². The van der Waals surface area contributed by atoms with Crippen molar-refractivity contribution in [3.63, 3.8) is 0 Å². The van der Waals surface area contributed by atoms with Gasteiger partial charge in [-0.2, -0.15) is 0 Å². The number of rotatable bonds is 5. The fourth-order valence-electron chi connectivity index (χ4n) is 3.53. The normalized spacial score (nSPS) is 14.1. The molecular weight excluding hydrogens is 304 g/mol. The summed E-state index contributed by atoms with van der Waals surface area (Å²) < 4.78 is 1.58. The molecule has 0 aromatic rings. The van der Waals surface area contributed by atoms with Crippen molar-refractivity contribution in [2.24, 2.45) is 5.73 Å². The first-order valence-electron chi connectivity index (χ1n) is 6.84. The van der Waals surface area contributed by atoms with Gasteiger partial charge in [-0.1, -0.05) is 58.9 Å². The molecule has 2 amide bonds. The SMILES string of the molecule is C[Si](C)(C)N(C(N)=O)C(C(=O)O)([Si](C)(C)C)[Si](C)(C)C. The molecule has 0 aromatic carbocycles. The molecule has 0 aliphatic heterocycles. The molecule has 0 spiro atoms. The highest BCUT2D eigenvalue weighted by Gasteiger charge is 2.65. The zero-order valence-corrected chi connectivity index (χ0v) is 17.3. The molecule has 0 saturated carbocycles. The molecule has 0 aliphatic rings. The molecular formula is C12H30N2O3Si3. The number of urea groups is 1. The Kier molecular flexibility index (Phi) is 5.14. The van der Waals surface area contributed by atoms with E-state index in [2.05, 4.69) is 0 Å². The molecule has 0 radical (unpaired) electrons. The summed E-state index contributed by atoms with van der Waals surface area (Å²) in [5.74, 6) is -0.878. The molecule has 0 saturated heterocycles. The van der Waals surface area contributed by atoms with E-state index in [9.17, 15) is 14.7 Å². The van der Waals surface area contributed by atoms with Gasteiger partial charge in [-0.15, -0.1) is 0 Å². The van der Waals surface area contributed by atoms with Crippen molar-refractivity contribution >= 4 is 36.4 Å². The van der Waals surface area contributed by atoms with Crippen LogP contribution in [0.3, 0.4) is 0 Å². The van der Waals surface area contributed by atoms with E-state index in [1.165, 1.54) is 0 Å². The average Bonchev–Trinajstić information content (AvgIpc) is 2.05. The molecule has 8 heteroatoms. The van der Waals surface area contributed by atoms with Gasteiger partial charge >= 0.3 is 12.0 Å². The first kappa shape index (κ1) is 19.4. The topological polar surface area (TPSA) is 83.6 Å². The lowest BCUT2D eigenvalue weighted by atomic mass is 10.6. The number of carboxylic acid groups (broad SMARTS) is 1. The number of carbonyl (C=O) groups excluding carboxylic acids is 1. The Bertz CT molecular complexity index is 392. The highest BCUT2D eigenvalue weighted by Crippen LogP contribution is 2.40.